The van der Waals surface area contributed by atoms with Gasteiger partial charge in [0.15, 0.2) is 0 Å². The molecular formula is C22H37N5O3. The SMILES string of the molecule is CC(C)NC(=O)Nc1ccc(N(C)C)c(CN(C[C@@H]2CCCO2)C(=O)NC(C)C)c1. The summed E-state index contributed by atoms with van der Waals surface area (Å²) in [5.41, 5.74) is 2.65. The minimum Gasteiger partial charge on any atom is -0.377 e. The monoisotopic (exact) mass is 419 g/mol. The van der Waals surface area contributed by atoms with Crippen molar-refractivity contribution in [1.82, 2.24) is 15.5 Å². The van der Waals surface area contributed by atoms with Gasteiger partial charge in [0.25, 0.3) is 0 Å². The van der Waals surface area contributed by atoms with E-state index in [0.29, 0.717) is 18.8 Å². The minimum atomic E-state index is -0.248. The van der Waals surface area contributed by atoms with Crippen molar-refractivity contribution in [2.45, 2.75) is 65.3 Å². The molecule has 168 valence electrons. The van der Waals surface area contributed by atoms with Gasteiger partial charge < -0.3 is 30.5 Å². The van der Waals surface area contributed by atoms with E-state index in [0.717, 1.165) is 30.7 Å². The first-order valence-corrected chi connectivity index (χ1v) is 10.7. The molecule has 1 aromatic rings. The lowest BCUT2D eigenvalue weighted by atomic mass is 10.1. The third kappa shape index (κ3) is 7.40. The molecule has 0 saturated carbocycles. The van der Waals surface area contributed by atoms with E-state index in [4.69, 9.17) is 4.74 Å². The van der Waals surface area contributed by atoms with Gasteiger partial charge >= 0.3 is 12.1 Å². The number of benzene rings is 1. The third-order valence-electron chi connectivity index (χ3n) is 4.75. The first-order chi connectivity index (χ1) is 14.2. The molecular weight excluding hydrogens is 382 g/mol. The molecule has 0 aliphatic carbocycles. The van der Waals surface area contributed by atoms with Gasteiger partial charge in [0, 0.05) is 57.3 Å². The number of hydrogen-bond acceptors (Lipinski definition) is 4. The Balaban J connectivity index is 2.24. The quantitative estimate of drug-likeness (QED) is 0.603. The zero-order valence-corrected chi connectivity index (χ0v) is 19.1. The van der Waals surface area contributed by atoms with E-state index in [-0.39, 0.29) is 30.2 Å². The molecule has 8 nitrogen and oxygen atoms in total. The van der Waals surface area contributed by atoms with Crippen molar-refractivity contribution < 1.29 is 14.3 Å². The van der Waals surface area contributed by atoms with Crippen LogP contribution in [0.15, 0.2) is 18.2 Å². The van der Waals surface area contributed by atoms with Crippen LogP contribution in [0.25, 0.3) is 0 Å². The van der Waals surface area contributed by atoms with E-state index in [2.05, 4.69) is 16.0 Å². The van der Waals surface area contributed by atoms with Crippen molar-refractivity contribution in [2.24, 2.45) is 0 Å². The van der Waals surface area contributed by atoms with Crippen LogP contribution < -0.4 is 20.9 Å². The van der Waals surface area contributed by atoms with Crippen LogP contribution in [-0.4, -0.2) is 62.4 Å². The molecule has 1 aromatic carbocycles. The molecule has 3 N–H and O–H groups in total. The van der Waals surface area contributed by atoms with Crippen molar-refractivity contribution in [3.8, 4) is 0 Å². The first-order valence-electron chi connectivity index (χ1n) is 10.7. The lowest BCUT2D eigenvalue weighted by Crippen LogP contribution is -2.45. The summed E-state index contributed by atoms with van der Waals surface area (Å²) in [6.45, 7) is 9.44. The number of amides is 4. The number of anilines is 2. The highest BCUT2D eigenvalue weighted by Crippen LogP contribution is 2.25. The molecule has 1 saturated heterocycles. The fraction of sp³-hybridized carbons (Fsp3) is 0.636. The third-order valence-corrected chi connectivity index (χ3v) is 4.75. The zero-order chi connectivity index (χ0) is 22.3. The molecule has 0 spiro atoms. The van der Waals surface area contributed by atoms with Crippen molar-refractivity contribution in [3.63, 3.8) is 0 Å². The normalized spacial score (nSPS) is 15.9. The number of rotatable bonds is 8. The van der Waals surface area contributed by atoms with Crippen LogP contribution in [0.4, 0.5) is 21.0 Å². The van der Waals surface area contributed by atoms with Gasteiger partial charge in [-0.1, -0.05) is 0 Å². The van der Waals surface area contributed by atoms with Crippen molar-refractivity contribution >= 4 is 23.4 Å². The van der Waals surface area contributed by atoms with Crippen LogP contribution in [-0.2, 0) is 11.3 Å². The van der Waals surface area contributed by atoms with Gasteiger partial charge in [-0.2, -0.15) is 0 Å². The predicted molar refractivity (Wildman–Crippen MR) is 121 cm³/mol. The summed E-state index contributed by atoms with van der Waals surface area (Å²) in [5.74, 6) is 0. The second kappa shape index (κ2) is 11.1. The number of hydrogen-bond donors (Lipinski definition) is 3. The van der Waals surface area contributed by atoms with E-state index in [1.165, 1.54) is 0 Å². The Hall–Kier alpha value is -2.48. The van der Waals surface area contributed by atoms with Crippen LogP contribution >= 0.6 is 0 Å². The number of nitrogens with zero attached hydrogens (tertiary/aromatic N) is 2. The molecule has 0 unspecified atom stereocenters. The van der Waals surface area contributed by atoms with Crippen LogP contribution in [0, 0.1) is 0 Å². The van der Waals surface area contributed by atoms with E-state index in [1.807, 2.05) is 64.9 Å². The summed E-state index contributed by atoms with van der Waals surface area (Å²) in [6, 6.07) is 5.50. The van der Waals surface area contributed by atoms with Gasteiger partial charge in [-0.25, -0.2) is 9.59 Å². The molecule has 2 rings (SSSR count). The highest BCUT2D eigenvalue weighted by molar-refractivity contribution is 5.90. The van der Waals surface area contributed by atoms with Crippen molar-refractivity contribution in [1.29, 1.82) is 0 Å². The van der Waals surface area contributed by atoms with Crippen LogP contribution in [0.3, 0.4) is 0 Å². The van der Waals surface area contributed by atoms with Gasteiger partial charge in [0.05, 0.1) is 6.10 Å². The lowest BCUT2D eigenvalue weighted by Gasteiger charge is -2.29. The van der Waals surface area contributed by atoms with Gasteiger partial charge in [0.1, 0.15) is 0 Å². The van der Waals surface area contributed by atoms with Crippen LogP contribution in [0.5, 0.6) is 0 Å². The number of carbonyl (C=O) groups is 2. The average Bonchev–Trinajstić information content (AvgIpc) is 3.12. The standard InChI is InChI=1S/C22H37N5O3/c1-15(2)23-21(28)25-18-9-10-20(26(5)6)17(12-18)13-27(22(29)24-16(3)4)14-19-8-7-11-30-19/h9-10,12,15-16,19H,7-8,11,13-14H2,1-6H3,(H,24,29)(H2,23,25,28)/t19-/m0/s1. The summed E-state index contributed by atoms with van der Waals surface area (Å²) >= 11 is 0. The van der Waals surface area contributed by atoms with Gasteiger partial charge in [-0.05, 0) is 64.3 Å². The summed E-state index contributed by atoms with van der Waals surface area (Å²) < 4.78 is 5.77. The van der Waals surface area contributed by atoms with Gasteiger partial charge in [0.2, 0.25) is 0 Å². The van der Waals surface area contributed by atoms with Gasteiger partial charge in [-0.3, -0.25) is 0 Å². The molecule has 0 aromatic heterocycles. The Kier molecular flexibility index (Phi) is 8.77. The minimum absolute atomic E-state index is 0.0468. The maximum absolute atomic E-state index is 12.9. The van der Waals surface area contributed by atoms with Crippen LogP contribution in [0.1, 0.15) is 46.1 Å². The number of nitrogens with one attached hydrogen (secondary N) is 3. The average molecular weight is 420 g/mol. The maximum atomic E-state index is 12.9. The molecule has 8 heteroatoms. The van der Waals surface area contributed by atoms with E-state index in [1.54, 1.807) is 4.90 Å². The Morgan fingerprint density at radius 3 is 2.40 bits per heavy atom. The van der Waals surface area contributed by atoms with Crippen molar-refractivity contribution in [2.75, 3.05) is 37.5 Å². The number of urea groups is 2. The fourth-order valence-corrected chi connectivity index (χ4v) is 3.45. The zero-order valence-electron chi connectivity index (χ0n) is 19.1. The highest BCUT2D eigenvalue weighted by Gasteiger charge is 2.24. The topological polar surface area (TPSA) is 85.9 Å². The molecule has 0 radical (unpaired) electrons. The summed E-state index contributed by atoms with van der Waals surface area (Å²) in [6.07, 6.45) is 2.05. The molecule has 1 atom stereocenters. The number of carbonyl (C=O) groups excluding carboxylic acids is 2. The summed E-state index contributed by atoms with van der Waals surface area (Å²) in [7, 11) is 3.94. The highest BCUT2D eigenvalue weighted by atomic mass is 16.5. The number of ether oxygens (including phenoxy) is 1. The van der Waals surface area contributed by atoms with Crippen LogP contribution in [0.2, 0.25) is 0 Å². The van der Waals surface area contributed by atoms with E-state index >= 15 is 0 Å². The fourth-order valence-electron chi connectivity index (χ4n) is 3.45. The molecule has 0 bridgehead atoms. The lowest BCUT2D eigenvalue weighted by molar-refractivity contribution is 0.0791. The molecule has 1 aliphatic rings. The molecule has 1 aliphatic heterocycles. The molecule has 1 fully saturated rings. The van der Waals surface area contributed by atoms with E-state index in [9.17, 15) is 9.59 Å². The molecule has 4 amide bonds. The Morgan fingerprint density at radius 1 is 1.13 bits per heavy atom. The second-order valence-corrected chi connectivity index (χ2v) is 8.61. The molecule has 30 heavy (non-hydrogen) atoms. The second-order valence-electron chi connectivity index (χ2n) is 8.61. The van der Waals surface area contributed by atoms with Crippen molar-refractivity contribution in [3.05, 3.63) is 23.8 Å². The maximum Gasteiger partial charge on any atom is 0.319 e. The predicted octanol–water partition coefficient (Wildman–Crippen LogP) is 3.38. The Morgan fingerprint density at radius 2 is 1.83 bits per heavy atom. The van der Waals surface area contributed by atoms with Gasteiger partial charge in [-0.15, -0.1) is 0 Å². The Bertz CT molecular complexity index is 715. The first kappa shape index (κ1) is 23.8. The summed E-state index contributed by atoms with van der Waals surface area (Å²) in [4.78, 5) is 28.8. The smallest absolute Gasteiger partial charge is 0.319 e. The Labute approximate surface area is 180 Å². The van der Waals surface area contributed by atoms with E-state index < -0.39 is 0 Å². The molecule has 1 heterocycles. The summed E-state index contributed by atoms with van der Waals surface area (Å²) in [5, 5.41) is 8.69. The largest absolute Gasteiger partial charge is 0.377 e.